The first-order valence-corrected chi connectivity index (χ1v) is 7.44. The van der Waals surface area contributed by atoms with Crippen LogP contribution in [0.1, 0.15) is 21.7 Å². The van der Waals surface area contributed by atoms with Crippen molar-refractivity contribution in [2.45, 2.75) is 6.42 Å². The van der Waals surface area contributed by atoms with Gasteiger partial charge in [-0.15, -0.1) is 11.3 Å². The number of aromatic amines is 1. The molecule has 0 aliphatic carbocycles. The van der Waals surface area contributed by atoms with E-state index in [2.05, 4.69) is 20.5 Å². The van der Waals surface area contributed by atoms with Gasteiger partial charge in [0.15, 0.2) is 5.13 Å². The van der Waals surface area contributed by atoms with Crippen molar-refractivity contribution in [3.8, 4) is 0 Å². The molecule has 1 amide bonds. The quantitative estimate of drug-likeness (QED) is 0.772. The Labute approximate surface area is 129 Å². The van der Waals surface area contributed by atoms with E-state index in [1.54, 1.807) is 0 Å². The average Bonchev–Trinajstić information content (AvgIpc) is 2.96. The summed E-state index contributed by atoms with van der Waals surface area (Å²) >= 11 is 1.35. The summed E-state index contributed by atoms with van der Waals surface area (Å²) in [6.07, 6.45) is 0.712. The van der Waals surface area contributed by atoms with Crippen LogP contribution in [0.4, 0.5) is 5.13 Å². The van der Waals surface area contributed by atoms with Gasteiger partial charge in [-0.2, -0.15) is 5.10 Å². The van der Waals surface area contributed by atoms with Crippen molar-refractivity contribution in [2.75, 3.05) is 5.32 Å². The first-order valence-electron chi connectivity index (χ1n) is 6.56. The maximum absolute atomic E-state index is 12.0. The second kappa shape index (κ2) is 6.31. The number of carbonyl (C=O) groups is 1. The van der Waals surface area contributed by atoms with Crippen molar-refractivity contribution in [1.29, 1.82) is 0 Å². The Bertz CT molecular complexity index is 822. The lowest BCUT2D eigenvalue weighted by Gasteiger charge is -2.00. The lowest BCUT2D eigenvalue weighted by Crippen LogP contribution is -2.17. The van der Waals surface area contributed by atoms with E-state index in [9.17, 15) is 9.59 Å². The Morgan fingerprint density at radius 2 is 2.00 bits per heavy atom. The van der Waals surface area contributed by atoms with Gasteiger partial charge in [0, 0.05) is 17.9 Å². The molecular weight excluding hydrogens is 300 g/mol. The van der Waals surface area contributed by atoms with E-state index in [1.807, 2.05) is 35.7 Å². The van der Waals surface area contributed by atoms with Gasteiger partial charge in [-0.3, -0.25) is 14.9 Å². The predicted octanol–water partition coefficient (Wildman–Crippen LogP) is 2.07. The average molecular weight is 312 g/mol. The molecule has 0 bridgehead atoms. The molecule has 3 aromatic rings. The number of hydrogen-bond donors (Lipinski definition) is 2. The van der Waals surface area contributed by atoms with Crippen LogP contribution in [0.15, 0.2) is 52.6 Å². The summed E-state index contributed by atoms with van der Waals surface area (Å²) in [5, 5.41) is 11.0. The van der Waals surface area contributed by atoms with Crippen molar-refractivity contribution in [1.82, 2.24) is 15.2 Å². The molecule has 0 spiro atoms. The van der Waals surface area contributed by atoms with Crippen molar-refractivity contribution in [2.24, 2.45) is 0 Å². The van der Waals surface area contributed by atoms with Crippen LogP contribution in [0.25, 0.3) is 0 Å². The minimum absolute atomic E-state index is 0.138. The zero-order valence-electron chi connectivity index (χ0n) is 11.4. The minimum atomic E-state index is -0.406. The fraction of sp³-hybridized carbons (Fsp3) is 0.0667. The fourth-order valence-corrected chi connectivity index (χ4v) is 2.59. The van der Waals surface area contributed by atoms with Crippen LogP contribution in [0.3, 0.4) is 0 Å². The van der Waals surface area contributed by atoms with Gasteiger partial charge in [-0.1, -0.05) is 30.3 Å². The summed E-state index contributed by atoms with van der Waals surface area (Å²) in [6.45, 7) is 0. The van der Waals surface area contributed by atoms with Crippen LogP contribution in [-0.2, 0) is 6.42 Å². The third-order valence-corrected chi connectivity index (χ3v) is 3.72. The molecule has 6 nitrogen and oxygen atoms in total. The SMILES string of the molecule is O=C(Nc1nc(Cc2ccccc2)cs1)c1ccc(=O)[nH]n1. The fourth-order valence-electron chi connectivity index (χ4n) is 1.88. The molecule has 0 saturated heterocycles. The Morgan fingerprint density at radius 3 is 2.73 bits per heavy atom. The van der Waals surface area contributed by atoms with Crippen LogP contribution in [0.5, 0.6) is 0 Å². The maximum Gasteiger partial charge on any atom is 0.277 e. The van der Waals surface area contributed by atoms with Crippen LogP contribution in [0.2, 0.25) is 0 Å². The molecule has 0 aliphatic heterocycles. The summed E-state index contributed by atoms with van der Waals surface area (Å²) < 4.78 is 0. The van der Waals surface area contributed by atoms with E-state index in [-0.39, 0.29) is 11.3 Å². The zero-order chi connectivity index (χ0) is 15.4. The van der Waals surface area contributed by atoms with Gasteiger partial charge >= 0.3 is 0 Å². The molecule has 2 N–H and O–H groups in total. The zero-order valence-corrected chi connectivity index (χ0v) is 12.3. The summed E-state index contributed by atoms with van der Waals surface area (Å²) in [4.78, 5) is 27.3. The van der Waals surface area contributed by atoms with Crippen LogP contribution in [0, 0.1) is 0 Å². The molecule has 22 heavy (non-hydrogen) atoms. The first kappa shape index (κ1) is 14.2. The molecule has 1 aromatic carbocycles. The topological polar surface area (TPSA) is 87.7 Å². The Hall–Kier alpha value is -2.80. The molecule has 2 aromatic heterocycles. The molecular formula is C15H12N4O2S. The van der Waals surface area contributed by atoms with Gasteiger partial charge < -0.3 is 0 Å². The van der Waals surface area contributed by atoms with Crippen molar-refractivity contribution in [3.63, 3.8) is 0 Å². The van der Waals surface area contributed by atoms with Gasteiger partial charge in [0.05, 0.1) is 5.69 Å². The molecule has 0 radical (unpaired) electrons. The van der Waals surface area contributed by atoms with Crippen LogP contribution < -0.4 is 10.9 Å². The highest BCUT2D eigenvalue weighted by Gasteiger charge is 2.10. The van der Waals surface area contributed by atoms with Crippen LogP contribution in [-0.4, -0.2) is 21.1 Å². The Balaban J connectivity index is 1.67. The normalized spacial score (nSPS) is 10.4. The smallest absolute Gasteiger partial charge is 0.277 e. The summed E-state index contributed by atoms with van der Waals surface area (Å²) in [5.74, 6) is -0.406. The first-order chi connectivity index (χ1) is 10.7. The largest absolute Gasteiger partial charge is 0.296 e. The third-order valence-electron chi connectivity index (χ3n) is 2.91. The maximum atomic E-state index is 12.0. The molecule has 0 aliphatic rings. The number of nitrogens with zero attached hydrogens (tertiary/aromatic N) is 2. The molecule has 2 heterocycles. The highest BCUT2D eigenvalue weighted by Crippen LogP contribution is 2.18. The monoisotopic (exact) mass is 312 g/mol. The highest BCUT2D eigenvalue weighted by atomic mass is 32.1. The van der Waals surface area contributed by atoms with E-state index in [1.165, 1.54) is 23.5 Å². The number of benzene rings is 1. The highest BCUT2D eigenvalue weighted by molar-refractivity contribution is 7.14. The number of rotatable bonds is 4. The van der Waals surface area contributed by atoms with Gasteiger partial charge in [-0.05, 0) is 11.6 Å². The van der Waals surface area contributed by atoms with E-state index in [4.69, 9.17) is 0 Å². The molecule has 0 unspecified atom stereocenters. The number of nitrogens with one attached hydrogen (secondary N) is 2. The summed E-state index contributed by atoms with van der Waals surface area (Å²) in [5.41, 5.74) is 1.84. The van der Waals surface area contributed by atoms with Crippen LogP contribution >= 0.6 is 11.3 Å². The standard InChI is InChI=1S/C15H12N4O2S/c20-13-7-6-12(18-19-13)14(21)17-15-16-11(9-22-15)8-10-4-2-1-3-5-10/h1-7,9H,8H2,(H,19,20)(H,16,17,21). The molecule has 110 valence electrons. The molecule has 0 fully saturated rings. The second-order valence-electron chi connectivity index (χ2n) is 4.57. The summed E-state index contributed by atoms with van der Waals surface area (Å²) in [6, 6.07) is 12.6. The molecule has 7 heteroatoms. The number of H-pyrrole nitrogens is 1. The van der Waals surface area contributed by atoms with Gasteiger partial charge in [-0.25, -0.2) is 10.1 Å². The Morgan fingerprint density at radius 1 is 1.18 bits per heavy atom. The number of aromatic nitrogens is 3. The molecule has 3 rings (SSSR count). The van der Waals surface area contributed by atoms with E-state index in [0.29, 0.717) is 11.6 Å². The number of hydrogen-bond acceptors (Lipinski definition) is 5. The number of amides is 1. The lowest BCUT2D eigenvalue weighted by atomic mass is 10.1. The van der Waals surface area contributed by atoms with E-state index >= 15 is 0 Å². The molecule has 0 saturated carbocycles. The Kier molecular flexibility index (Phi) is 4.06. The number of anilines is 1. The number of carbonyl (C=O) groups excluding carboxylic acids is 1. The van der Waals surface area contributed by atoms with Crippen molar-refractivity contribution in [3.05, 3.63) is 75.1 Å². The predicted molar refractivity (Wildman–Crippen MR) is 84.2 cm³/mol. The molecule has 0 atom stereocenters. The minimum Gasteiger partial charge on any atom is -0.296 e. The van der Waals surface area contributed by atoms with Crippen molar-refractivity contribution >= 4 is 22.4 Å². The third kappa shape index (κ3) is 3.44. The number of thiazole rings is 1. The van der Waals surface area contributed by atoms with Gasteiger partial charge in [0.25, 0.3) is 11.5 Å². The summed E-state index contributed by atoms with van der Waals surface area (Å²) in [7, 11) is 0. The second-order valence-corrected chi connectivity index (χ2v) is 5.43. The van der Waals surface area contributed by atoms with E-state index < -0.39 is 5.91 Å². The van der Waals surface area contributed by atoms with E-state index in [0.717, 1.165) is 11.3 Å². The van der Waals surface area contributed by atoms with Gasteiger partial charge in [0.1, 0.15) is 5.69 Å². The van der Waals surface area contributed by atoms with Gasteiger partial charge in [0.2, 0.25) is 0 Å². The van der Waals surface area contributed by atoms with Crippen molar-refractivity contribution < 1.29 is 4.79 Å². The lowest BCUT2D eigenvalue weighted by molar-refractivity contribution is 0.102.